The van der Waals surface area contributed by atoms with Gasteiger partial charge in [0, 0.05) is 28.2 Å². The first-order chi connectivity index (χ1) is 4.54. The predicted octanol–water partition coefficient (Wildman–Crippen LogP) is 1.46. The molecular weight excluding hydrogens is 292 g/mol. The molecule has 0 bridgehead atoms. The summed E-state index contributed by atoms with van der Waals surface area (Å²) in [5, 5.41) is 0. The van der Waals surface area contributed by atoms with Gasteiger partial charge in [-0.05, 0) is 0 Å². The number of nitrogens with zero attached hydrogens (tertiary/aromatic N) is 2. The molecule has 0 saturated heterocycles. The first kappa shape index (κ1) is 36.2. The van der Waals surface area contributed by atoms with E-state index >= 15 is 0 Å². The van der Waals surface area contributed by atoms with Gasteiger partial charge in [0.2, 0.25) is 0 Å². The summed E-state index contributed by atoms with van der Waals surface area (Å²) in [5.74, 6) is 0. The lowest BCUT2D eigenvalue weighted by molar-refractivity contribution is 0.654. The molecule has 2 nitrogen and oxygen atoms in total. The van der Waals surface area contributed by atoms with Gasteiger partial charge in [-0.2, -0.15) is 54.0 Å². The fraction of sp³-hybridized carbons (Fsp3) is 0.667. The molecule has 0 aliphatic heterocycles. The second-order valence-electron chi connectivity index (χ2n) is 2.14. The lowest BCUT2D eigenvalue weighted by atomic mass is 11.0. The minimum atomic E-state index is 0. The van der Waals surface area contributed by atoms with Crippen LogP contribution in [0.25, 0.3) is 0 Å². The molecule has 0 aliphatic carbocycles. The van der Waals surface area contributed by atoms with E-state index in [0.29, 0.717) is 0 Å². The maximum Gasteiger partial charge on any atom is 0.0635 e. The van der Waals surface area contributed by atoms with E-state index in [-0.39, 0.29) is 54.0 Å². The maximum absolute atomic E-state index is 4.48. The Labute approximate surface area is 127 Å². The number of thiocarbonyl (C=S) groups is 2. The molecule has 0 aromatic carbocycles. The number of hydrogen-bond donors (Lipinski definition) is 0. The van der Waals surface area contributed by atoms with Crippen molar-refractivity contribution in [2.45, 2.75) is 0 Å². The maximum atomic E-state index is 4.48. The minimum Gasteiger partial charge on any atom is -0.375 e. The average Bonchev–Trinajstić information content (AvgIpc) is 1.89. The van der Waals surface area contributed by atoms with E-state index in [1.165, 1.54) is 0 Å². The minimum absolute atomic E-state index is 0. The van der Waals surface area contributed by atoms with Crippen LogP contribution in [0, 0.1) is 0 Å². The summed E-state index contributed by atoms with van der Waals surface area (Å²) in [6.45, 7) is 0. The first-order valence-corrected chi connectivity index (χ1v) is 3.72. The molecule has 92 valence electrons. The quantitative estimate of drug-likeness (QED) is 0.712. The van der Waals surface area contributed by atoms with Crippen molar-refractivity contribution in [1.29, 1.82) is 0 Å². The summed E-state index contributed by atoms with van der Waals surface area (Å²) in [6.07, 6.45) is 0. The number of rotatable bonds is 2. The van der Waals surface area contributed by atoms with Crippen LogP contribution in [0.15, 0.2) is 0 Å². The Balaban J connectivity index is -0.0000000178. The van der Waals surface area contributed by atoms with Gasteiger partial charge in [0.15, 0.2) is 0 Å². The smallest absolute Gasteiger partial charge is 0.0635 e. The summed E-state index contributed by atoms with van der Waals surface area (Å²) in [5.41, 5.74) is 3.17. The molecule has 0 heterocycles. The van der Waals surface area contributed by atoms with Gasteiger partial charge in [-0.25, -0.2) is 0 Å². The number of hydrogen-bond acceptors (Lipinski definition) is 2. The molecule has 8 heteroatoms. The van der Waals surface area contributed by atoms with Crippen molar-refractivity contribution >= 4 is 89.4 Å². The van der Waals surface area contributed by atoms with E-state index in [9.17, 15) is 0 Å². The molecule has 0 radical (unpaired) electrons. The molecule has 14 heavy (non-hydrogen) atoms. The van der Waals surface area contributed by atoms with Crippen molar-refractivity contribution < 1.29 is 0 Å². The van der Waals surface area contributed by atoms with Crippen LogP contribution in [0.4, 0.5) is 0 Å². The third kappa shape index (κ3) is 72.9. The highest BCUT2D eigenvalue weighted by Crippen LogP contribution is 1.58. The highest BCUT2D eigenvalue weighted by molar-refractivity contribution is 7.79. The topological polar surface area (TPSA) is 6.48 Å². The second kappa shape index (κ2) is 29.2. The third-order valence-corrected chi connectivity index (χ3v) is 1.26. The molecule has 0 aromatic heterocycles. The Bertz CT molecular complexity index is 86.3. The molecule has 0 N–H and O–H groups in total. The van der Waals surface area contributed by atoms with Crippen LogP contribution in [-0.2, 0) is 0 Å². The van der Waals surface area contributed by atoms with Crippen LogP contribution >= 0.6 is 78.4 Å². The van der Waals surface area contributed by atoms with Crippen molar-refractivity contribution in [2.75, 3.05) is 28.2 Å². The standard InChI is InChI=1S/2C3H7NS.4H2S/c2*1-4(2)3-5;;;;/h2*3H,1-2H3;4*1H2. The molecule has 0 rings (SSSR count). The zero-order valence-corrected chi connectivity index (χ0v) is 14.5. The normalized spacial score (nSPS) is 4.86. The van der Waals surface area contributed by atoms with Crippen LogP contribution in [-0.4, -0.2) is 49.0 Å². The van der Waals surface area contributed by atoms with Crippen LogP contribution in [0.3, 0.4) is 0 Å². The van der Waals surface area contributed by atoms with E-state index in [1.807, 2.05) is 38.0 Å². The predicted molar refractivity (Wildman–Crippen MR) is 96.2 cm³/mol. The van der Waals surface area contributed by atoms with E-state index in [0.717, 1.165) is 0 Å². The summed E-state index contributed by atoms with van der Waals surface area (Å²) in [4.78, 5) is 3.63. The molecule has 0 fully saturated rings. The summed E-state index contributed by atoms with van der Waals surface area (Å²) < 4.78 is 0. The largest absolute Gasteiger partial charge is 0.375 e. The Morgan fingerprint density at radius 2 is 0.714 bits per heavy atom. The summed E-state index contributed by atoms with van der Waals surface area (Å²) >= 11 is 8.95. The molecule has 0 aliphatic rings. The van der Waals surface area contributed by atoms with Crippen LogP contribution in [0.1, 0.15) is 0 Å². The van der Waals surface area contributed by atoms with Gasteiger partial charge in [0.1, 0.15) is 0 Å². The van der Waals surface area contributed by atoms with Gasteiger partial charge >= 0.3 is 0 Å². The third-order valence-electron chi connectivity index (χ3n) is 0.422. The SMILES string of the molecule is CN(C)C=S.CN(C)C=S.S.S.S.S. The molecule has 0 aromatic rings. The Morgan fingerprint density at radius 3 is 0.714 bits per heavy atom. The van der Waals surface area contributed by atoms with Crippen molar-refractivity contribution in [3.63, 3.8) is 0 Å². The summed E-state index contributed by atoms with van der Waals surface area (Å²) in [7, 11) is 7.58. The van der Waals surface area contributed by atoms with Gasteiger partial charge in [-0.3, -0.25) is 0 Å². The Morgan fingerprint density at radius 1 is 0.643 bits per heavy atom. The van der Waals surface area contributed by atoms with Crippen LogP contribution in [0.5, 0.6) is 0 Å². The van der Waals surface area contributed by atoms with Gasteiger partial charge in [-0.15, -0.1) is 0 Å². The van der Waals surface area contributed by atoms with E-state index < -0.39 is 0 Å². The highest BCUT2D eigenvalue weighted by Gasteiger charge is 1.64. The lowest BCUT2D eigenvalue weighted by Crippen LogP contribution is -2.04. The van der Waals surface area contributed by atoms with Crippen molar-refractivity contribution in [1.82, 2.24) is 9.80 Å². The van der Waals surface area contributed by atoms with Gasteiger partial charge in [0.25, 0.3) is 0 Å². The Hall–Kier alpha value is 1.18. The molecule has 0 amide bonds. The fourth-order valence-electron chi connectivity index (χ4n) is 0. The van der Waals surface area contributed by atoms with E-state index in [1.54, 1.807) is 11.0 Å². The summed E-state index contributed by atoms with van der Waals surface area (Å²) in [6, 6.07) is 0. The molecular formula is C6H22N2S6. The van der Waals surface area contributed by atoms with Crippen molar-refractivity contribution in [3.8, 4) is 0 Å². The Kier molecular flexibility index (Phi) is 75.6. The van der Waals surface area contributed by atoms with Gasteiger partial charge < -0.3 is 9.80 Å². The first-order valence-electron chi connectivity index (χ1n) is 2.78. The van der Waals surface area contributed by atoms with Crippen molar-refractivity contribution in [3.05, 3.63) is 0 Å². The molecule has 0 unspecified atom stereocenters. The fourth-order valence-corrected chi connectivity index (χ4v) is 0. The monoisotopic (exact) mass is 314 g/mol. The highest BCUT2D eigenvalue weighted by atomic mass is 32.1. The molecule has 0 spiro atoms. The zero-order valence-electron chi connectivity index (χ0n) is 8.87. The van der Waals surface area contributed by atoms with Gasteiger partial charge in [-0.1, -0.05) is 24.4 Å². The van der Waals surface area contributed by atoms with E-state index in [2.05, 4.69) is 24.4 Å². The average molecular weight is 315 g/mol. The second-order valence-corrected chi connectivity index (χ2v) is 2.56. The van der Waals surface area contributed by atoms with Crippen LogP contribution < -0.4 is 0 Å². The van der Waals surface area contributed by atoms with Gasteiger partial charge in [0.05, 0.1) is 11.0 Å². The lowest BCUT2D eigenvalue weighted by Gasteiger charge is -1.96. The zero-order chi connectivity index (χ0) is 8.57. The van der Waals surface area contributed by atoms with Crippen LogP contribution in [0.2, 0.25) is 0 Å². The van der Waals surface area contributed by atoms with Crippen molar-refractivity contribution in [2.24, 2.45) is 0 Å². The van der Waals surface area contributed by atoms with E-state index in [4.69, 9.17) is 0 Å². The molecule has 0 atom stereocenters. The molecule has 0 saturated carbocycles.